The molecule has 0 spiro atoms. The van der Waals surface area contributed by atoms with Gasteiger partial charge in [-0.05, 0) is 19.1 Å². The van der Waals surface area contributed by atoms with Crippen molar-refractivity contribution in [3.8, 4) is 0 Å². The molecule has 0 saturated carbocycles. The van der Waals surface area contributed by atoms with Crippen LogP contribution in [0.5, 0.6) is 0 Å². The quantitative estimate of drug-likeness (QED) is 0.696. The summed E-state index contributed by atoms with van der Waals surface area (Å²) in [5.41, 5.74) is 0.276. The highest BCUT2D eigenvalue weighted by atomic mass is 35.5. The van der Waals surface area contributed by atoms with Gasteiger partial charge in [-0.25, -0.2) is 0 Å². The fourth-order valence-corrected chi connectivity index (χ4v) is 1.08. The third-order valence-corrected chi connectivity index (χ3v) is 1.76. The van der Waals surface area contributed by atoms with Crippen LogP contribution in [0, 0.1) is 0 Å². The summed E-state index contributed by atoms with van der Waals surface area (Å²) < 4.78 is 4.96. The molecule has 1 rings (SSSR count). The topological polar surface area (TPSA) is 39.2 Å². The Morgan fingerprint density at radius 1 is 1.69 bits per heavy atom. The lowest BCUT2D eigenvalue weighted by molar-refractivity contribution is 0.0778. The molecule has 0 aliphatic heterocycles. The number of pyridine rings is 1. The minimum Gasteiger partial charge on any atom is -0.374 e. The van der Waals surface area contributed by atoms with Gasteiger partial charge in [-0.2, -0.15) is 0 Å². The average Bonchev–Trinajstić information content (AvgIpc) is 2.15. The maximum atomic E-state index is 11.4. The van der Waals surface area contributed by atoms with E-state index in [9.17, 15) is 4.79 Å². The number of hydrogen-bond acceptors (Lipinski definition) is 3. The number of nitrogens with zero attached hydrogens (tertiary/aromatic N) is 1. The number of halogens is 1. The standard InChI is InChI=1S/C9H10ClNO2/c1-2-13-6-8(12)9-7(10)4-3-5-11-9/h3-5H,2,6H2,1H3. The molecule has 1 heterocycles. The van der Waals surface area contributed by atoms with E-state index in [0.29, 0.717) is 11.6 Å². The molecule has 0 amide bonds. The number of ether oxygens (including phenoxy) is 1. The summed E-state index contributed by atoms with van der Waals surface area (Å²) in [7, 11) is 0. The average molecular weight is 200 g/mol. The molecule has 0 aromatic carbocycles. The molecule has 0 atom stereocenters. The zero-order valence-electron chi connectivity index (χ0n) is 7.29. The number of aromatic nitrogens is 1. The molecule has 0 fully saturated rings. The van der Waals surface area contributed by atoms with Gasteiger partial charge in [-0.1, -0.05) is 11.6 Å². The molecular weight excluding hydrogens is 190 g/mol. The van der Waals surface area contributed by atoms with E-state index in [2.05, 4.69) is 4.98 Å². The number of carbonyl (C=O) groups is 1. The van der Waals surface area contributed by atoms with E-state index < -0.39 is 0 Å². The second-order valence-corrected chi connectivity index (χ2v) is 2.80. The van der Waals surface area contributed by atoms with Crippen LogP contribution < -0.4 is 0 Å². The number of rotatable bonds is 4. The molecule has 0 saturated heterocycles. The summed E-state index contributed by atoms with van der Waals surface area (Å²) in [6.45, 7) is 2.37. The lowest BCUT2D eigenvalue weighted by Gasteiger charge is -2.01. The molecule has 0 unspecified atom stereocenters. The van der Waals surface area contributed by atoms with Gasteiger partial charge in [0, 0.05) is 12.8 Å². The van der Waals surface area contributed by atoms with Crippen molar-refractivity contribution in [2.24, 2.45) is 0 Å². The van der Waals surface area contributed by atoms with Crippen LogP contribution in [0.2, 0.25) is 5.02 Å². The normalized spacial score (nSPS) is 10.0. The van der Waals surface area contributed by atoms with Crippen molar-refractivity contribution in [1.29, 1.82) is 0 Å². The molecule has 0 bridgehead atoms. The molecule has 0 aliphatic rings. The second-order valence-electron chi connectivity index (χ2n) is 2.39. The zero-order valence-corrected chi connectivity index (χ0v) is 8.04. The molecule has 0 radical (unpaired) electrons. The van der Waals surface area contributed by atoms with Crippen LogP contribution in [-0.2, 0) is 4.74 Å². The van der Waals surface area contributed by atoms with E-state index in [1.165, 1.54) is 6.20 Å². The largest absolute Gasteiger partial charge is 0.374 e. The minimum absolute atomic E-state index is 0.0350. The number of Topliss-reactive ketones (excluding diaryl/α,β-unsaturated/α-hetero) is 1. The third-order valence-electron chi connectivity index (χ3n) is 1.46. The van der Waals surface area contributed by atoms with E-state index in [-0.39, 0.29) is 18.1 Å². The highest BCUT2D eigenvalue weighted by Crippen LogP contribution is 2.12. The van der Waals surface area contributed by atoms with Crippen molar-refractivity contribution in [2.45, 2.75) is 6.92 Å². The zero-order chi connectivity index (χ0) is 9.68. The smallest absolute Gasteiger partial charge is 0.208 e. The first-order valence-electron chi connectivity index (χ1n) is 3.97. The van der Waals surface area contributed by atoms with Crippen LogP contribution in [0.25, 0.3) is 0 Å². The molecule has 4 heteroatoms. The first-order valence-corrected chi connectivity index (χ1v) is 4.35. The van der Waals surface area contributed by atoms with Crippen molar-refractivity contribution < 1.29 is 9.53 Å². The first kappa shape index (κ1) is 10.2. The molecule has 70 valence electrons. The number of hydrogen-bond donors (Lipinski definition) is 0. The lowest BCUT2D eigenvalue weighted by atomic mass is 10.2. The van der Waals surface area contributed by atoms with Crippen molar-refractivity contribution in [1.82, 2.24) is 4.98 Å². The third kappa shape index (κ3) is 2.79. The van der Waals surface area contributed by atoms with Crippen LogP contribution in [0.3, 0.4) is 0 Å². The molecule has 0 aliphatic carbocycles. The molecular formula is C9H10ClNO2. The van der Waals surface area contributed by atoms with E-state index in [1.807, 2.05) is 6.92 Å². The molecule has 1 aromatic heterocycles. The van der Waals surface area contributed by atoms with Gasteiger partial charge in [-0.3, -0.25) is 9.78 Å². The van der Waals surface area contributed by atoms with E-state index in [4.69, 9.17) is 16.3 Å². The Balaban J connectivity index is 2.71. The van der Waals surface area contributed by atoms with E-state index in [1.54, 1.807) is 12.1 Å². The Morgan fingerprint density at radius 2 is 2.46 bits per heavy atom. The second kappa shape index (κ2) is 4.94. The SMILES string of the molecule is CCOCC(=O)c1ncccc1Cl. The number of ketones is 1. The Morgan fingerprint density at radius 3 is 3.08 bits per heavy atom. The highest BCUT2D eigenvalue weighted by Gasteiger charge is 2.10. The Kier molecular flexibility index (Phi) is 3.86. The van der Waals surface area contributed by atoms with Crippen LogP contribution in [0.4, 0.5) is 0 Å². The fourth-order valence-electron chi connectivity index (χ4n) is 0.854. The molecule has 3 nitrogen and oxygen atoms in total. The predicted octanol–water partition coefficient (Wildman–Crippen LogP) is 1.95. The lowest BCUT2D eigenvalue weighted by Crippen LogP contribution is -2.11. The summed E-state index contributed by atoms with van der Waals surface area (Å²) in [6, 6.07) is 3.31. The maximum absolute atomic E-state index is 11.4. The van der Waals surface area contributed by atoms with E-state index >= 15 is 0 Å². The predicted molar refractivity (Wildman–Crippen MR) is 50.1 cm³/mol. The van der Waals surface area contributed by atoms with Crippen molar-refractivity contribution >= 4 is 17.4 Å². The first-order chi connectivity index (χ1) is 6.25. The van der Waals surface area contributed by atoms with Crippen LogP contribution in [-0.4, -0.2) is 24.0 Å². The molecule has 1 aromatic rings. The van der Waals surface area contributed by atoms with Gasteiger partial charge in [0.15, 0.2) is 0 Å². The van der Waals surface area contributed by atoms with Crippen LogP contribution in [0.1, 0.15) is 17.4 Å². The summed E-state index contributed by atoms with van der Waals surface area (Å²) in [6.07, 6.45) is 1.53. The number of carbonyl (C=O) groups excluding carboxylic acids is 1. The van der Waals surface area contributed by atoms with Crippen molar-refractivity contribution in [3.05, 3.63) is 29.0 Å². The van der Waals surface area contributed by atoms with E-state index in [0.717, 1.165) is 0 Å². The molecule has 13 heavy (non-hydrogen) atoms. The summed E-state index contributed by atoms with van der Waals surface area (Å²) in [5, 5.41) is 0.368. The van der Waals surface area contributed by atoms with Crippen LogP contribution >= 0.6 is 11.6 Å². The monoisotopic (exact) mass is 199 g/mol. The van der Waals surface area contributed by atoms with Crippen molar-refractivity contribution in [2.75, 3.05) is 13.2 Å². The summed E-state index contributed by atoms with van der Waals surface area (Å²) >= 11 is 5.76. The fraction of sp³-hybridized carbons (Fsp3) is 0.333. The Bertz CT molecular complexity index is 301. The molecule has 0 N–H and O–H groups in total. The van der Waals surface area contributed by atoms with Gasteiger partial charge >= 0.3 is 0 Å². The summed E-state index contributed by atoms with van der Waals surface area (Å²) in [4.78, 5) is 15.2. The maximum Gasteiger partial charge on any atom is 0.208 e. The van der Waals surface area contributed by atoms with Gasteiger partial charge in [-0.15, -0.1) is 0 Å². The Labute approximate surface area is 81.7 Å². The van der Waals surface area contributed by atoms with Gasteiger partial charge in [0.05, 0.1) is 5.02 Å². The Hall–Kier alpha value is -0.930. The van der Waals surface area contributed by atoms with Gasteiger partial charge in [0.1, 0.15) is 12.3 Å². The van der Waals surface area contributed by atoms with Gasteiger partial charge in [0.25, 0.3) is 0 Å². The minimum atomic E-state index is -0.188. The van der Waals surface area contributed by atoms with Crippen molar-refractivity contribution in [3.63, 3.8) is 0 Å². The summed E-state index contributed by atoms with van der Waals surface area (Å²) in [5.74, 6) is -0.188. The van der Waals surface area contributed by atoms with Crippen LogP contribution in [0.15, 0.2) is 18.3 Å². The van der Waals surface area contributed by atoms with Gasteiger partial charge < -0.3 is 4.74 Å². The highest BCUT2D eigenvalue weighted by molar-refractivity contribution is 6.33. The van der Waals surface area contributed by atoms with Gasteiger partial charge in [0.2, 0.25) is 5.78 Å².